The van der Waals surface area contributed by atoms with Crippen molar-refractivity contribution in [3.63, 3.8) is 0 Å². The minimum atomic E-state index is -0.457. The molecule has 0 saturated heterocycles. The van der Waals surface area contributed by atoms with Gasteiger partial charge in [-0.15, -0.1) is 11.3 Å². The lowest BCUT2D eigenvalue weighted by atomic mass is 10.2. The molecule has 2 aromatic carbocycles. The maximum atomic E-state index is 10.7. The van der Waals surface area contributed by atoms with Gasteiger partial charge in [0, 0.05) is 35.0 Å². The first-order valence-corrected chi connectivity index (χ1v) is 8.18. The van der Waals surface area contributed by atoms with Crippen LogP contribution in [0, 0.1) is 21.4 Å². The second kappa shape index (κ2) is 7.38. The number of hydrogen-bond donors (Lipinski definition) is 1. The molecule has 6 nitrogen and oxygen atoms in total. The average molecular weight is 348 g/mol. The lowest BCUT2D eigenvalue weighted by Gasteiger charge is -2.01. The van der Waals surface area contributed by atoms with Crippen molar-refractivity contribution in [1.82, 2.24) is 4.98 Å². The van der Waals surface area contributed by atoms with Crippen molar-refractivity contribution in [1.29, 1.82) is 5.26 Å². The van der Waals surface area contributed by atoms with Crippen LogP contribution in [0.4, 0.5) is 11.4 Å². The fourth-order valence-electron chi connectivity index (χ4n) is 2.12. The van der Waals surface area contributed by atoms with E-state index in [1.165, 1.54) is 23.5 Å². The van der Waals surface area contributed by atoms with Crippen LogP contribution in [0.5, 0.6) is 0 Å². The Kier molecular flexibility index (Phi) is 4.83. The normalized spacial score (nSPS) is 10.9. The van der Waals surface area contributed by atoms with Gasteiger partial charge < -0.3 is 5.32 Å². The van der Waals surface area contributed by atoms with Crippen LogP contribution in [-0.2, 0) is 0 Å². The molecule has 0 saturated carbocycles. The highest BCUT2D eigenvalue weighted by Gasteiger charge is 2.09. The van der Waals surface area contributed by atoms with Gasteiger partial charge in [-0.05, 0) is 12.1 Å². The maximum absolute atomic E-state index is 10.7. The number of hydrogen-bond acceptors (Lipinski definition) is 6. The Morgan fingerprint density at radius 2 is 1.92 bits per heavy atom. The minimum Gasteiger partial charge on any atom is -0.360 e. The zero-order valence-corrected chi connectivity index (χ0v) is 13.7. The van der Waals surface area contributed by atoms with Gasteiger partial charge in [0.25, 0.3) is 5.69 Å². The number of nitrogens with zero attached hydrogens (tertiary/aromatic N) is 3. The summed E-state index contributed by atoms with van der Waals surface area (Å²) in [7, 11) is 0. The number of anilines is 1. The average Bonchev–Trinajstić information content (AvgIpc) is 3.13. The first-order valence-electron chi connectivity index (χ1n) is 7.30. The third-order valence-corrected chi connectivity index (χ3v) is 4.26. The lowest BCUT2D eigenvalue weighted by Crippen LogP contribution is -1.92. The van der Waals surface area contributed by atoms with Gasteiger partial charge in [0.1, 0.15) is 16.6 Å². The highest BCUT2D eigenvalue weighted by atomic mass is 32.1. The minimum absolute atomic E-state index is 0.0162. The number of nitrogens with one attached hydrogen (secondary N) is 1. The summed E-state index contributed by atoms with van der Waals surface area (Å²) in [6, 6.07) is 17.8. The molecule has 0 aliphatic heterocycles. The molecule has 1 aromatic heterocycles. The third-order valence-electron chi connectivity index (χ3n) is 3.39. The van der Waals surface area contributed by atoms with Crippen molar-refractivity contribution in [3.8, 4) is 17.3 Å². The molecule has 0 aliphatic carbocycles. The lowest BCUT2D eigenvalue weighted by molar-refractivity contribution is -0.384. The number of nitro groups is 1. The summed E-state index contributed by atoms with van der Waals surface area (Å²) in [6.45, 7) is 0. The van der Waals surface area contributed by atoms with E-state index in [4.69, 9.17) is 0 Å². The monoisotopic (exact) mass is 348 g/mol. The number of aromatic nitrogens is 1. The first kappa shape index (κ1) is 16.4. The molecule has 1 N–H and O–H groups in total. The summed E-state index contributed by atoms with van der Waals surface area (Å²) in [5.74, 6) is 0. The number of nitriles is 1. The zero-order chi connectivity index (χ0) is 17.6. The van der Waals surface area contributed by atoms with Gasteiger partial charge in [-0.3, -0.25) is 10.1 Å². The number of benzene rings is 2. The van der Waals surface area contributed by atoms with E-state index in [1.54, 1.807) is 18.3 Å². The second-order valence-electron chi connectivity index (χ2n) is 5.02. The molecule has 122 valence electrons. The Labute approximate surface area is 147 Å². The molecular formula is C18H12N4O2S. The van der Waals surface area contributed by atoms with Gasteiger partial charge in [-0.25, -0.2) is 4.98 Å². The molecule has 0 unspecified atom stereocenters. The number of allylic oxidation sites excluding steroid dienone is 1. The summed E-state index contributed by atoms with van der Waals surface area (Å²) in [6.07, 6.45) is 1.55. The van der Waals surface area contributed by atoms with E-state index in [2.05, 4.69) is 16.4 Å². The molecule has 0 spiro atoms. The van der Waals surface area contributed by atoms with Crippen LogP contribution in [0.3, 0.4) is 0 Å². The molecule has 0 radical (unpaired) electrons. The van der Waals surface area contributed by atoms with E-state index < -0.39 is 4.92 Å². The molecule has 25 heavy (non-hydrogen) atoms. The molecule has 0 aliphatic rings. The number of non-ortho nitro benzene ring substituents is 1. The van der Waals surface area contributed by atoms with Crippen LogP contribution < -0.4 is 5.32 Å². The molecule has 3 aromatic rings. The van der Waals surface area contributed by atoms with Crippen molar-refractivity contribution in [3.05, 3.63) is 81.3 Å². The zero-order valence-electron chi connectivity index (χ0n) is 12.9. The van der Waals surface area contributed by atoms with E-state index in [0.29, 0.717) is 16.3 Å². The summed E-state index contributed by atoms with van der Waals surface area (Å²) >= 11 is 1.39. The largest absolute Gasteiger partial charge is 0.360 e. The van der Waals surface area contributed by atoms with Crippen LogP contribution in [0.2, 0.25) is 0 Å². The van der Waals surface area contributed by atoms with E-state index in [-0.39, 0.29) is 5.69 Å². The van der Waals surface area contributed by atoms with Gasteiger partial charge in [0.15, 0.2) is 0 Å². The third kappa shape index (κ3) is 3.88. The first-order chi connectivity index (χ1) is 12.2. The van der Waals surface area contributed by atoms with Crippen molar-refractivity contribution in [2.24, 2.45) is 0 Å². The quantitative estimate of drug-likeness (QED) is 0.410. The molecule has 0 fully saturated rings. The molecule has 0 atom stereocenters. The summed E-state index contributed by atoms with van der Waals surface area (Å²) in [5.41, 5.74) is 2.87. The fraction of sp³-hybridized carbons (Fsp3) is 0. The molecular weight excluding hydrogens is 336 g/mol. The Hall–Kier alpha value is -3.50. The molecule has 0 amide bonds. The predicted octanol–water partition coefficient (Wildman–Crippen LogP) is 4.69. The maximum Gasteiger partial charge on any atom is 0.269 e. The SMILES string of the molecule is N#C/C(=C\Nc1ccc([N+](=O)[O-])cc1)c1nc(-c2ccccc2)cs1. The Balaban J connectivity index is 1.78. The number of nitro benzene ring substituents is 1. The van der Waals surface area contributed by atoms with Crippen molar-refractivity contribution in [2.45, 2.75) is 0 Å². The Morgan fingerprint density at radius 1 is 1.20 bits per heavy atom. The molecule has 7 heteroatoms. The molecule has 3 rings (SSSR count). The number of thiazole rings is 1. The summed E-state index contributed by atoms with van der Waals surface area (Å²) < 4.78 is 0. The van der Waals surface area contributed by atoms with Crippen LogP contribution in [-0.4, -0.2) is 9.91 Å². The van der Waals surface area contributed by atoms with Gasteiger partial charge in [0.05, 0.1) is 10.6 Å². The highest BCUT2D eigenvalue weighted by Crippen LogP contribution is 2.26. The highest BCUT2D eigenvalue weighted by molar-refractivity contribution is 7.11. The van der Waals surface area contributed by atoms with Crippen molar-refractivity contribution < 1.29 is 4.92 Å². The van der Waals surface area contributed by atoms with Crippen LogP contribution in [0.15, 0.2) is 66.2 Å². The van der Waals surface area contributed by atoms with Gasteiger partial charge in [0.2, 0.25) is 0 Å². The van der Waals surface area contributed by atoms with Crippen LogP contribution in [0.25, 0.3) is 16.8 Å². The van der Waals surface area contributed by atoms with Crippen LogP contribution in [0.1, 0.15) is 5.01 Å². The Bertz CT molecular complexity index is 957. The van der Waals surface area contributed by atoms with Crippen molar-refractivity contribution in [2.75, 3.05) is 5.32 Å². The topological polar surface area (TPSA) is 91.8 Å². The summed E-state index contributed by atoms with van der Waals surface area (Å²) in [4.78, 5) is 14.7. The summed E-state index contributed by atoms with van der Waals surface area (Å²) in [5, 5.41) is 25.5. The Morgan fingerprint density at radius 3 is 2.56 bits per heavy atom. The predicted molar refractivity (Wildman–Crippen MR) is 97.9 cm³/mol. The molecule has 1 heterocycles. The van der Waals surface area contributed by atoms with Crippen LogP contribution >= 0.6 is 11.3 Å². The fourth-order valence-corrected chi connectivity index (χ4v) is 2.91. The molecule has 0 bridgehead atoms. The van der Waals surface area contributed by atoms with Gasteiger partial charge in [-0.1, -0.05) is 30.3 Å². The standard InChI is InChI=1S/C18H12N4O2S/c19-10-14(11-20-15-6-8-16(9-7-15)22(23)24)18-21-17(12-25-18)13-4-2-1-3-5-13/h1-9,11-12,20H/b14-11+. The van der Waals surface area contributed by atoms with Gasteiger partial charge in [-0.2, -0.15) is 5.26 Å². The van der Waals surface area contributed by atoms with Gasteiger partial charge >= 0.3 is 0 Å². The van der Waals surface area contributed by atoms with Crippen molar-refractivity contribution >= 4 is 28.3 Å². The van der Waals surface area contributed by atoms with E-state index in [9.17, 15) is 15.4 Å². The second-order valence-corrected chi connectivity index (χ2v) is 5.88. The smallest absolute Gasteiger partial charge is 0.269 e. The van der Waals surface area contributed by atoms with E-state index in [0.717, 1.165) is 11.3 Å². The number of rotatable bonds is 5. The van der Waals surface area contributed by atoms with E-state index >= 15 is 0 Å². The van der Waals surface area contributed by atoms with E-state index in [1.807, 2.05) is 35.7 Å².